The summed E-state index contributed by atoms with van der Waals surface area (Å²) in [5.74, 6) is -1.35. The monoisotopic (exact) mass is 301 g/mol. The van der Waals surface area contributed by atoms with Crippen LogP contribution in [-0.4, -0.2) is 44.8 Å². The Bertz CT molecular complexity index is 446. The van der Waals surface area contributed by atoms with Crippen LogP contribution in [0.3, 0.4) is 0 Å². The number of amides is 1. The Balaban J connectivity index is 1.91. The quantitative estimate of drug-likeness (QED) is 0.886. The zero-order valence-electron chi connectivity index (χ0n) is 9.04. The van der Waals surface area contributed by atoms with Gasteiger partial charge in [0.25, 0.3) is 0 Å². The van der Waals surface area contributed by atoms with Crippen LogP contribution in [0, 0.1) is 5.92 Å². The van der Waals surface area contributed by atoms with Crippen molar-refractivity contribution in [1.82, 2.24) is 14.7 Å². The summed E-state index contributed by atoms with van der Waals surface area (Å²) in [6.45, 7) is 0.965. The van der Waals surface area contributed by atoms with Crippen molar-refractivity contribution in [1.29, 1.82) is 0 Å². The molecule has 1 saturated heterocycles. The third-order valence-corrected chi connectivity index (χ3v) is 3.20. The van der Waals surface area contributed by atoms with E-state index in [0.29, 0.717) is 19.5 Å². The number of likely N-dealkylation sites (tertiary alicyclic amines) is 1. The van der Waals surface area contributed by atoms with Gasteiger partial charge in [-0.25, -0.2) is 0 Å². The Morgan fingerprint density at radius 3 is 2.88 bits per heavy atom. The number of aromatic nitrogens is 2. The van der Waals surface area contributed by atoms with Crippen molar-refractivity contribution in [2.45, 2.75) is 13.0 Å². The molecule has 0 aliphatic carbocycles. The van der Waals surface area contributed by atoms with E-state index >= 15 is 0 Å². The van der Waals surface area contributed by atoms with Gasteiger partial charge in [-0.05, 0) is 22.4 Å². The molecule has 1 aliphatic rings. The number of rotatable bonds is 3. The molecule has 2 rings (SSSR count). The molecule has 1 N–H and O–H groups in total. The Morgan fingerprint density at radius 1 is 1.59 bits per heavy atom. The zero-order valence-corrected chi connectivity index (χ0v) is 10.6. The first kappa shape index (κ1) is 12.1. The highest BCUT2D eigenvalue weighted by Crippen LogP contribution is 2.16. The van der Waals surface area contributed by atoms with E-state index in [9.17, 15) is 9.59 Å². The maximum Gasteiger partial charge on any atom is 0.308 e. The molecule has 0 aromatic carbocycles. The van der Waals surface area contributed by atoms with E-state index in [-0.39, 0.29) is 12.5 Å². The van der Waals surface area contributed by atoms with Gasteiger partial charge in [-0.1, -0.05) is 0 Å². The van der Waals surface area contributed by atoms with Gasteiger partial charge in [0.05, 0.1) is 16.6 Å². The first-order chi connectivity index (χ1) is 8.06. The van der Waals surface area contributed by atoms with Gasteiger partial charge in [-0.15, -0.1) is 0 Å². The molecule has 1 aromatic heterocycles. The number of hydrogen-bond acceptors (Lipinski definition) is 3. The van der Waals surface area contributed by atoms with Crippen molar-refractivity contribution >= 4 is 27.8 Å². The fourth-order valence-electron chi connectivity index (χ4n) is 1.85. The molecule has 1 amide bonds. The normalized spacial score (nSPS) is 19.6. The molecule has 92 valence electrons. The summed E-state index contributed by atoms with van der Waals surface area (Å²) >= 11 is 3.25. The molecule has 0 radical (unpaired) electrons. The highest BCUT2D eigenvalue weighted by atomic mass is 79.9. The van der Waals surface area contributed by atoms with Crippen molar-refractivity contribution in [2.24, 2.45) is 5.92 Å². The Labute approximate surface area is 106 Å². The van der Waals surface area contributed by atoms with Gasteiger partial charge in [0, 0.05) is 19.3 Å². The molecular formula is C10H12BrN3O3. The predicted molar refractivity (Wildman–Crippen MR) is 62.2 cm³/mol. The molecular weight excluding hydrogens is 290 g/mol. The van der Waals surface area contributed by atoms with Gasteiger partial charge < -0.3 is 10.0 Å². The van der Waals surface area contributed by atoms with Crippen LogP contribution in [0.4, 0.5) is 0 Å². The van der Waals surface area contributed by atoms with Crippen LogP contribution in [0.2, 0.25) is 0 Å². The molecule has 7 heteroatoms. The first-order valence-corrected chi connectivity index (χ1v) is 6.04. The molecule has 0 spiro atoms. The summed E-state index contributed by atoms with van der Waals surface area (Å²) in [7, 11) is 0. The SMILES string of the molecule is O=C(O)C1CCN(C(=O)Cn2cc(Br)cn2)C1. The van der Waals surface area contributed by atoms with Crippen LogP contribution in [0.25, 0.3) is 0 Å². The van der Waals surface area contributed by atoms with Crippen LogP contribution < -0.4 is 0 Å². The number of carboxylic acid groups (broad SMARTS) is 1. The summed E-state index contributed by atoms with van der Waals surface area (Å²) in [5, 5.41) is 12.8. The van der Waals surface area contributed by atoms with Crippen molar-refractivity contribution in [2.75, 3.05) is 13.1 Å². The van der Waals surface area contributed by atoms with E-state index in [1.165, 1.54) is 4.68 Å². The van der Waals surface area contributed by atoms with Crippen molar-refractivity contribution in [3.05, 3.63) is 16.9 Å². The summed E-state index contributed by atoms with van der Waals surface area (Å²) in [6.07, 6.45) is 3.85. The minimum absolute atomic E-state index is 0.0932. The topological polar surface area (TPSA) is 75.4 Å². The smallest absolute Gasteiger partial charge is 0.308 e. The van der Waals surface area contributed by atoms with E-state index in [1.807, 2.05) is 0 Å². The molecule has 1 aliphatic heterocycles. The van der Waals surface area contributed by atoms with Gasteiger partial charge in [-0.3, -0.25) is 14.3 Å². The lowest BCUT2D eigenvalue weighted by Gasteiger charge is -2.15. The lowest BCUT2D eigenvalue weighted by Crippen LogP contribution is -2.32. The van der Waals surface area contributed by atoms with Gasteiger partial charge >= 0.3 is 5.97 Å². The number of halogens is 1. The number of carbonyl (C=O) groups excluding carboxylic acids is 1. The van der Waals surface area contributed by atoms with Gasteiger partial charge in [0.1, 0.15) is 6.54 Å². The maximum absolute atomic E-state index is 11.8. The second-order valence-corrected chi connectivity index (χ2v) is 4.94. The molecule has 17 heavy (non-hydrogen) atoms. The minimum atomic E-state index is -0.831. The van der Waals surface area contributed by atoms with Crippen molar-refractivity contribution in [3.8, 4) is 0 Å². The van der Waals surface area contributed by atoms with Gasteiger partial charge in [0.2, 0.25) is 5.91 Å². The molecule has 1 unspecified atom stereocenters. The van der Waals surface area contributed by atoms with E-state index in [4.69, 9.17) is 5.11 Å². The number of aliphatic carboxylic acids is 1. The zero-order chi connectivity index (χ0) is 12.4. The van der Waals surface area contributed by atoms with Crippen LogP contribution in [-0.2, 0) is 16.1 Å². The average molecular weight is 302 g/mol. The van der Waals surface area contributed by atoms with Crippen molar-refractivity contribution < 1.29 is 14.7 Å². The van der Waals surface area contributed by atoms with Crippen LogP contribution in [0.15, 0.2) is 16.9 Å². The molecule has 2 heterocycles. The average Bonchev–Trinajstić information content (AvgIpc) is 2.86. The van der Waals surface area contributed by atoms with E-state index in [1.54, 1.807) is 17.3 Å². The van der Waals surface area contributed by atoms with Crippen LogP contribution in [0.1, 0.15) is 6.42 Å². The summed E-state index contributed by atoms with van der Waals surface area (Å²) < 4.78 is 2.34. The van der Waals surface area contributed by atoms with Crippen LogP contribution >= 0.6 is 15.9 Å². The molecule has 1 aromatic rings. The first-order valence-electron chi connectivity index (χ1n) is 5.25. The summed E-state index contributed by atoms with van der Waals surface area (Å²) in [6, 6.07) is 0. The molecule has 1 atom stereocenters. The fraction of sp³-hybridized carbons (Fsp3) is 0.500. The number of nitrogens with zero attached hydrogens (tertiary/aromatic N) is 3. The second-order valence-electron chi connectivity index (χ2n) is 4.02. The summed E-state index contributed by atoms with van der Waals surface area (Å²) in [4.78, 5) is 24.2. The lowest BCUT2D eigenvalue weighted by molar-refractivity contribution is -0.141. The highest BCUT2D eigenvalue weighted by molar-refractivity contribution is 9.10. The summed E-state index contributed by atoms with van der Waals surface area (Å²) in [5.41, 5.74) is 0. The van der Waals surface area contributed by atoms with Crippen LogP contribution in [0.5, 0.6) is 0 Å². The minimum Gasteiger partial charge on any atom is -0.481 e. The van der Waals surface area contributed by atoms with Gasteiger partial charge in [-0.2, -0.15) is 5.10 Å². The third-order valence-electron chi connectivity index (χ3n) is 2.79. The molecule has 6 nitrogen and oxygen atoms in total. The number of carbonyl (C=O) groups is 2. The van der Waals surface area contributed by atoms with Gasteiger partial charge in [0.15, 0.2) is 0 Å². The molecule has 1 fully saturated rings. The largest absolute Gasteiger partial charge is 0.481 e. The number of hydrogen-bond donors (Lipinski definition) is 1. The third kappa shape index (κ3) is 2.85. The molecule has 0 bridgehead atoms. The molecule has 0 saturated carbocycles. The highest BCUT2D eigenvalue weighted by Gasteiger charge is 2.30. The Kier molecular flexibility index (Phi) is 3.46. The predicted octanol–water partition coefficient (Wildman–Crippen LogP) is 0.579. The van der Waals surface area contributed by atoms with Crippen molar-refractivity contribution in [3.63, 3.8) is 0 Å². The Morgan fingerprint density at radius 2 is 2.35 bits per heavy atom. The Hall–Kier alpha value is -1.37. The fourth-order valence-corrected chi connectivity index (χ4v) is 2.18. The maximum atomic E-state index is 11.8. The second kappa shape index (κ2) is 4.87. The number of carboxylic acids is 1. The standard InChI is InChI=1S/C10H12BrN3O3/c11-8-3-12-14(5-8)6-9(15)13-2-1-7(4-13)10(16)17/h3,5,7H,1-2,4,6H2,(H,16,17). The lowest BCUT2D eigenvalue weighted by atomic mass is 10.1. The van der Waals surface area contributed by atoms with E-state index < -0.39 is 11.9 Å². The van der Waals surface area contributed by atoms with E-state index in [0.717, 1.165) is 4.47 Å². The van der Waals surface area contributed by atoms with E-state index in [2.05, 4.69) is 21.0 Å².